The maximum atomic E-state index is 7.26. The maximum Gasteiger partial charge on any atom is 0.164 e. The van der Waals surface area contributed by atoms with Crippen molar-refractivity contribution in [3.63, 3.8) is 0 Å². The first-order chi connectivity index (χ1) is 31.2. The van der Waals surface area contributed by atoms with Crippen molar-refractivity contribution in [2.45, 2.75) is 0 Å². The molecule has 0 aliphatic heterocycles. The van der Waals surface area contributed by atoms with Crippen molar-refractivity contribution >= 4 is 65.6 Å². The fraction of sp³-hybridized carbons (Fsp3) is 0. The zero-order valence-electron chi connectivity index (χ0n) is 33.9. The van der Waals surface area contributed by atoms with E-state index in [4.69, 9.17) is 19.4 Å². The normalized spacial score (nSPS) is 11.8. The minimum atomic E-state index is 0.622. The summed E-state index contributed by atoms with van der Waals surface area (Å²) in [5, 5.41) is 6.68. The lowest BCUT2D eigenvalue weighted by atomic mass is 10.0. The number of rotatable bonds is 6. The molecule has 0 atom stereocenters. The van der Waals surface area contributed by atoms with E-state index in [1.54, 1.807) is 0 Å². The molecule has 6 heteroatoms. The standard InChI is InChI=1S/C57H35N5O/c1-5-15-36(16-6-1)40-27-32-48-46(35-40)52-50(61(48)41-21-11-4-12-22-41)34-31-44-43-30-33-49-51(53(43)63-54(44)52)45-23-13-14-24-47(45)62(49)42-28-25-39(26-29-42)57-59-55(37-17-7-2-8-18-37)58-56(60-57)38-19-9-3-10-20-38/h1-35H. The van der Waals surface area contributed by atoms with E-state index < -0.39 is 0 Å². The lowest BCUT2D eigenvalue weighted by Gasteiger charge is -2.10. The summed E-state index contributed by atoms with van der Waals surface area (Å²) in [5.74, 6) is 1.90. The van der Waals surface area contributed by atoms with E-state index in [1.807, 2.05) is 60.7 Å². The van der Waals surface area contributed by atoms with Crippen LogP contribution < -0.4 is 0 Å². The summed E-state index contributed by atoms with van der Waals surface area (Å²) in [6.07, 6.45) is 0. The second-order valence-corrected chi connectivity index (χ2v) is 16.0. The molecule has 13 aromatic rings. The Kier molecular flexibility index (Phi) is 7.80. The molecule has 294 valence electrons. The van der Waals surface area contributed by atoms with Gasteiger partial charge in [0.05, 0.1) is 32.8 Å². The molecule has 0 amide bonds. The molecule has 63 heavy (non-hydrogen) atoms. The first kappa shape index (κ1) is 35.2. The van der Waals surface area contributed by atoms with E-state index in [9.17, 15) is 0 Å². The molecular formula is C57H35N5O. The van der Waals surface area contributed by atoms with Crippen LogP contribution in [0.1, 0.15) is 0 Å². The third-order valence-electron chi connectivity index (χ3n) is 12.4. The Morgan fingerprint density at radius 3 is 1.27 bits per heavy atom. The van der Waals surface area contributed by atoms with E-state index in [0.717, 1.165) is 93.6 Å². The highest BCUT2D eigenvalue weighted by Crippen LogP contribution is 2.45. The number of hydrogen-bond donors (Lipinski definition) is 0. The lowest BCUT2D eigenvalue weighted by Crippen LogP contribution is -2.00. The van der Waals surface area contributed by atoms with Crippen LogP contribution in [0.2, 0.25) is 0 Å². The Hall–Kier alpha value is -8.61. The molecule has 0 fully saturated rings. The average molecular weight is 806 g/mol. The number of furan rings is 1. The summed E-state index contributed by atoms with van der Waals surface area (Å²) in [5.41, 5.74) is 13.5. The highest BCUT2D eigenvalue weighted by molar-refractivity contribution is 6.29. The van der Waals surface area contributed by atoms with Gasteiger partial charge in [0.2, 0.25) is 0 Å². The quantitative estimate of drug-likeness (QED) is 0.168. The van der Waals surface area contributed by atoms with Crippen LogP contribution in [0.3, 0.4) is 0 Å². The molecule has 4 heterocycles. The molecular weight excluding hydrogens is 771 g/mol. The van der Waals surface area contributed by atoms with Crippen LogP contribution >= 0.6 is 0 Å². The van der Waals surface area contributed by atoms with Crippen LogP contribution in [0.15, 0.2) is 217 Å². The Morgan fingerprint density at radius 2 is 0.698 bits per heavy atom. The highest BCUT2D eigenvalue weighted by Gasteiger charge is 2.23. The van der Waals surface area contributed by atoms with Crippen LogP contribution in [0.25, 0.3) is 122 Å². The Balaban J connectivity index is 1.00. The molecule has 0 saturated carbocycles. The molecule has 9 aromatic carbocycles. The van der Waals surface area contributed by atoms with Gasteiger partial charge in [0, 0.05) is 49.6 Å². The molecule has 6 nitrogen and oxygen atoms in total. The van der Waals surface area contributed by atoms with Crippen molar-refractivity contribution < 1.29 is 4.42 Å². The van der Waals surface area contributed by atoms with Crippen LogP contribution in [0.5, 0.6) is 0 Å². The zero-order valence-corrected chi connectivity index (χ0v) is 33.9. The fourth-order valence-corrected chi connectivity index (χ4v) is 9.49. The summed E-state index contributed by atoms with van der Waals surface area (Å²) in [6.45, 7) is 0. The Morgan fingerprint density at radius 1 is 0.286 bits per heavy atom. The van der Waals surface area contributed by atoms with Gasteiger partial charge in [-0.3, -0.25) is 0 Å². The number of hydrogen-bond acceptors (Lipinski definition) is 4. The molecule has 0 unspecified atom stereocenters. The van der Waals surface area contributed by atoms with Crippen molar-refractivity contribution in [3.05, 3.63) is 212 Å². The third-order valence-corrected chi connectivity index (χ3v) is 12.4. The topological polar surface area (TPSA) is 61.7 Å². The van der Waals surface area contributed by atoms with Gasteiger partial charge in [0.15, 0.2) is 17.5 Å². The molecule has 0 aliphatic carbocycles. The molecule has 0 spiro atoms. The minimum Gasteiger partial charge on any atom is -0.455 e. The van der Waals surface area contributed by atoms with Crippen molar-refractivity contribution in [1.82, 2.24) is 24.1 Å². The first-order valence-corrected chi connectivity index (χ1v) is 21.2. The van der Waals surface area contributed by atoms with Gasteiger partial charge in [-0.05, 0) is 90.0 Å². The van der Waals surface area contributed by atoms with Crippen LogP contribution in [-0.2, 0) is 0 Å². The Labute approximate surface area is 361 Å². The lowest BCUT2D eigenvalue weighted by molar-refractivity contribution is 0.677. The molecule has 0 N–H and O–H groups in total. The molecule has 0 aliphatic rings. The fourth-order valence-electron chi connectivity index (χ4n) is 9.49. The molecule has 13 rings (SSSR count). The summed E-state index contributed by atoms with van der Waals surface area (Å²) < 4.78 is 12.0. The van der Waals surface area contributed by atoms with Crippen molar-refractivity contribution in [1.29, 1.82) is 0 Å². The maximum absolute atomic E-state index is 7.26. The Bertz CT molecular complexity index is 3810. The van der Waals surface area contributed by atoms with E-state index in [1.165, 1.54) is 11.1 Å². The first-order valence-electron chi connectivity index (χ1n) is 21.2. The largest absolute Gasteiger partial charge is 0.455 e. The summed E-state index contributed by atoms with van der Waals surface area (Å²) >= 11 is 0. The number of fused-ring (bicyclic) bond motifs is 11. The van der Waals surface area contributed by atoms with Crippen molar-refractivity contribution in [2.24, 2.45) is 0 Å². The van der Waals surface area contributed by atoms with Gasteiger partial charge in [-0.25, -0.2) is 15.0 Å². The van der Waals surface area contributed by atoms with Gasteiger partial charge < -0.3 is 13.6 Å². The molecule has 0 radical (unpaired) electrons. The predicted molar refractivity (Wildman–Crippen MR) is 258 cm³/mol. The monoisotopic (exact) mass is 805 g/mol. The molecule has 0 saturated heterocycles. The van der Waals surface area contributed by atoms with Gasteiger partial charge in [-0.15, -0.1) is 0 Å². The number of aromatic nitrogens is 5. The van der Waals surface area contributed by atoms with E-state index in [2.05, 4.69) is 161 Å². The van der Waals surface area contributed by atoms with Gasteiger partial charge >= 0.3 is 0 Å². The second kappa shape index (κ2) is 14.0. The number of para-hydroxylation sites is 2. The van der Waals surface area contributed by atoms with E-state index in [-0.39, 0.29) is 0 Å². The van der Waals surface area contributed by atoms with Crippen LogP contribution in [0.4, 0.5) is 0 Å². The minimum absolute atomic E-state index is 0.622. The SMILES string of the molecule is c1ccc(-c2ccc3c(c2)c2c4oc5c(ccc6c5c5ccccc5n6-c5ccc(-c6nc(-c7ccccc7)nc(-c7ccccc7)n6)cc5)c4ccc2n3-c2ccccc2)cc1. The van der Waals surface area contributed by atoms with Crippen molar-refractivity contribution in [3.8, 4) is 56.7 Å². The van der Waals surface area contributed by atoms with Crippen molar-refractivity contribution in [2.75, 3.05) is 0 Å². The second-order valence-electron chi connectivity index (χ2n) is 16.0. The summed E-state index contributed by atoms with van der Waals surface area (Å²) in [7, 11) is 0. The number of benzene rings is 9. The number of nitrogens with zero attached hydrogens (tertiary/aromatic N) is 5. The highest BCUT2D eigenvalue weighted by atomic mass is 16.3. The smallest absolute Gasteiger partial charge is 0.164 e. The molecule has 4 aromatic heterocycles. The zero-order chi connectivity index (χ0) is 41.4. The van der Waals surface area contributed by atoms with Gasteiger partial charge in [0.25, 0.3) is 0 Å². The summed E-state index contributed by atoms with van der Waals surface area (Å²) in [6, 6.07) is 74.3. The van der Waals surface area contributed by atoms with Gasteiger partial charge in [0.1, 0.15) is 11.2 Å². The van der Waals surface area contributed by atoms with Gasteiger partial charge in [-0.2, -0.15) is 0 Å². The van der Waals surface area contributed by atoms with E-state index >= 15 is 0 Å². The third kappa shape index (κ3) is 5.55. The predicted octanol–water partition coefficient (Wildman–Crippen LogP) is 14.6. The summed E-state index contributed by atoms with van der Waals surface area (Å²) in [4.78, 5) is 14.9. The average Bonchev–Trinajstić information content (AvgIpc) is 4.02. The molecule has 0 bridgehead atoms. The van der Waals surface area contributed by atoms with Crippen LogP contribution in [-0.4, -0.2) is 24.1 Å². The van der Waals surface area contributed by atoms with Gasteiger partial charge in [-0.1, -0.05) is 133 Å². The van der Waals surface area contributed by atoms with Crippen LogP contribution in [0, 0.1) is 0 Å². The van der Waals surface area contributed by atoms with E-state index in [0.29, 0.717) is 17.5 Å².